The lowest BCUT2D eigenvalue weighted by Gasteiger charge is -2.43. The zero-order valence-electron chi connectivity index (χ0n) is 36.4. The zero-order chi connectivity index (χ0) is 41.4. The number of hydrogen-bond acceptors (Lipinski definition) is 3. The number of benzene rings is 1. The summed E-state index contributed by atoms with van der Waals surface area (Å²) < 4.78 is 6.87. The molecule has 7 unspecified atom stereocenters. The Bertz CT molecular complexity index is 1730. The molecule has 3 N–H and O–H groups in total. The van der Waals surface area contributed by atoms with Crippen LogP contribution in [0.25, 0.3) is 0 Å². The van der Waals surface area contributed by atoms with Crippen molar-refractivity contribution in [2.75, 3.05) is 20.3 Å². The fourth-order valence-electron chi connectivity index (χ4n) is 8.32. The van der Waals surface area contributed by atoms with E-state index in [1.54, 1.807) is 0 Å². The number of aryl methyl sites for hydroxylation is 1. The molecule has 0 radical (unpaired) electrons. The summed E-state index contributed by atoms with van der Waals surface area (Å²) >= 11 is 0. The summed E-state index contributed by atoms with van der Waals surface area (Å²) in [5.41, 5.74) is 5.14. The zero-order valence-corrected chi connectivity index (χ0v) is 36.4. The maximum absolute atomic E-state index is 12.4. The van der Waals surface area contributed by atoms with Gasteiger partial charge in [-0.05, 0) is 92.5 Å². The van der Waals surface area contributed by atoms with Crippen LogP contribution in [-0.4, -0.2) is 54.5 Å². The molecule has 1 aromatic carbocycles. The van der Waals surface area contributed by atoms with Crippen molar-refractivity contribution in [1.82, 2.24) is 9.80 Å². The largest absolute Gasteiger partial charge is 0.390 e. The molecular formula is C49H75N5O3+4. The number of nitrogens with one attached hydrogen (secondary N) is 1. The number of hydrogen-bond donors (Lipinski definition) is 3. The van der Waals surface area contributed by atoms with Crippen molar-refractivity contribution < 1.29 is 28.7 Å². The first-order chi connectivity index (χ1) is 27.4. The topological polar surface area (TPSA) is 81.2 Å². The minimum atomic E-state index is -0.185. The van der Waals surface area contributed by atoms with E-state index < -0.39 is 0 Å². The van der Waals surface area contributed by atoms with Crippen LogP contribution in [0.15, 0.2) is 104 Å². The van der Waals surface area contributed by atoms with Crippen LogP contribution in [0.1, 0.15) is 127 Å². The third-order valence-electron chi connectivity index (χ3n) is 12.7. The Hall–Kier alpha value is -3.98. The second-order valence-corrected chi connectivity index (χ2v) is 17.3. The molecule has 3 aromatic heterocycles. The summed E-state index contributed by atoms with van der Waals surface area (Å²) in [7, 11) is 4.23. The number of carbonyl (C=O) groups is 1. The van der Waals surface area contributed by atoms with Crippen molar-refractivity contribution in [3.63, 3.8) is 0 Å². The number of pyridine rings is 3. The summed E-state index contributed by atoms with van der Waals surface area (Å²) in [5.74, 6) is 1.66. The molecule has 0 spiro atoms. The van der Waals surface area contributed by atoms with Gasteiger partial charge in [0.25, 0.3) is 0 Å². The molecule has 7 atom stereocenters. The highest BCUT2D eigenvalue weighted by Gasteiger charge is 2.45. The van der Waals surface area contributed by atoms with E-state index in [0.717, 1.165) is 57.1 Å². The van der Waals surface area contributed by atoms with E-state index in [9.17, 15) is 15.0 Å². The van der Waals surface area contributed by atoms with E-state index in [1.165, 1.54) is 16.7 Å². The third-order valence-corrected chi connectivity index (χ3v) is 12.7. The molecule has 8 nitrogen and oxygen atoms in total. The van der Waals surface area contributed by atoms with Crippen molar-refractivity contribution >= 4 is 11.6 Å². The molecule has 4 rings (SSSR count). The Kier molecular flexibility index (Phi) is 18.3. The SMILES string of the molecule is CCC(C)c1cc[n+](CC(CO)[N+](C)(c2ccccc2)C(CO)C[n+]2ccc(C(C)CCCC(CCCCC(C)C(=O)NC(C)C)c3cc[n+](C)cc3)cc2)cc1. The third kappa shape index (κ3) is 13.3. The number of amides is 1. The number of aliphatic hydroxyl groups excluding tert-OH is 2. The first-order valence-corrected chi connectivity index (χ1v) is 21.8. The number of nitrogens with zero attached hydrogens (tertiary/aromatic N) is 4. The van der Waals surface area contributed by atoms with Crippen LogP contribution in [0, 0.1) is 5.92 Å². The lowest BCUT2D eigenvalue weighted by molar-refractivity contribution is -0.707. The van der Waals surface area contributed by atoms with Crippen molar-refractivity contribution in [3.8, 4) is 0 Å². The molecular weight excluding hydrogens is 707 g/mol. The Balaban J connectivity index is 1.40. The minimum Gasteiger partial charge on any atom is -0.390 e. The summed E-state index contributed by atoms with van der Waals surface area (Å²) in [6, 6.07) is 23.6. The number of aliphatic hydroxyl groups is 2. The van der Waals surface area contributed by atoms with Crippen LogP contribution < -0.4 is 23.5 Å². The average Bonchev–Trinajstić information content (AvgIpc) is 3.22. The fraction of sp³-hybridized carbons (Fsp3) is 0.551. The van der Waals surface area contributed by atoms with Crippen LogP contribution in [0.3, 0.4) is 0 Å². The predicted molar refractivity (Wildman–Crippen MR) is 231 cm³/mol. The van der Waals surface area contributed by atoms with Crippen LogP contribution >= 0.6 is 0 Å². The molecule has 3 heterocycles. The number of aromatic nitrogens is 3. The van der Waals surface area contributed by atoms with Gasteiger partial charge in [0.15, 0.2) is 49.3 Å². The average molecular weight is 782 g/mol. The maximum atomic E-state index is 12.4. The summed E-state index contributed by atoms with van der Waals surface area (Å²) in [6.07, 6.45) is 21.7. The molecule has 0 saturated heterocycles. The van der Waals surface area contributed by atoms with Crippen LogP contribution in [0.5, 0.6) is 0 Å². The van der Waals surface area contributed by atoms with E-state index in [-0.39, 0.29) is 43.2 Å². The molecule has 0 aliphatic heterocycles. The van der Waals surface area contributed by atoms with Crippen molar-refractivity contribution in [2.24, 2.45) is 13.0 Å². The maximum Gasteiger partial charge on any atom is 0.223 e. The number of para-hydroxylation sites is 1. The lowest BCUT2D eigenvalue weighted by Crippen LogP contribution is -2.69. The number of quaternary nitrogens is 1. The van der Waals surface area contributed by atoms with Crippen molar-refractivity contribution in [2.45, 2.75) is 142 Å². The first kappa shape index (κ1) is 45.7. The normalized spacial score (nSPS) is 16.0. The number of rotatable bonds is 24. The van der Waals surface area contributed by atoms with E-state index in [1.807, 2.05) is 39.0 Å². The number of likely N-dealkylation sites (N-methyl/N-ethyl adjacent to an activating group) is 1. The molecule has 0 saturated carbocycles. The van der Waals surface area contributed by atoms with E-state index in [2.05, 4.69) is 140 Å². The second-order valence-electron chi connectivity index (χ2n) is 17.3. The quantitative estimate of drug-likeness (QED) is 0.0393. The Morgan fingerprint density at radius 1 is 0.649 bits per heavy atom. The van der Waals surface area contributed by atoms with Gasteiger partial charge in [-0.3, -0.25) is 9.28 Å². The van der Waals surface area contributed by atoms with Gasteiger partial charge in [0.2, 0.25) is 19.0 Å². The first-order valence-electron chi connectivity index (χ1n) is 21.8. The molecule has 0 aliphatic carbocycles. The molecule has 57 heavy (non-hydrogen) atoms. The highest BCUT2D eigenvalue weighted by molar-refractivity contribution is 5.78. The number of unbranched alkanes of at least 4 members (excludes halogenated alkanes) is 1. The van der Waals surface area contributed by atoms with Gasteiger partial charge in [-0.25, -0.2) is 4.57 Å². The summed E-state index contributed by atoms with van der Waals surface area (Å²) in [6.45, 7) is 14.1. The molecule has 0 bridgehead atoms. The molecule has 310 valence electrons. The molecule has 0 fully saturated rings. The van der Waals surface area contributed by atoms with E-state index >= 15 is 0 Å². The van der Waals surface area contributed by atoms with Gasteiger partial charge in [-0.1, -0.05) is 65.2 Å². The smallest absolute Gasteiger partial charge is 0.223 e. The Morgan fingerprint density at radius 2 is 1.14 bits per heavy atom. The lowest BCUT2D eigenvalue weighted by atomic mass is 9.86. The molecule has 1 amide bonds. The minimum absolute atomic E-state index is 0.0107. The van der Waals surface area contributed by atoms with Crippen molar-refractivity contribution in [3.05, 3.63) is 121 Å². The summed E-state index contributed by atoms with van der Waals surface area (Å²) in [5, 5.41) is 25.0. The molecule has 0 aliphatic rings. The fourth-order valence-corrected chi connectivity index (χ4v) is 8.32. The van der Waals surface area contributed by atoms with E-state index in [0.29, 0.717) is 35.3 Å². The highest BCUT2D eigenvalue weighted by Crippen LogP contribution is 2.31. The monoisotopic (exact) mass is 782 g/mol. The molecule has 8 heteroatoms. The van der Waals surface area contributed by atoms with Crippen LogP contribution in [-0.2, 0) is 24.9 Å². The Labute approximate surface area is 344 Å². The van der Waals surface area contributed by atoms with Crippen LogP contribution in [0.4, 0.5) is 5.69 Å². The molecule has 4 aromatic rings. The highest BCUT2D eigenvalue weighted by atomic mass is 16.3. The standard InChI is InChI=1S/C49H74N5O3/c1-9-39(4)42-24-30-52(31-25-42)34-47(36-55)54(8,46-20-11-10-12-21-46)48(37-56)35-53-32-26-43(27-33-53)40(5)17-15-19-44(45-22-28-51(7)29-23-45)18-14-13-16-41(6)49(57)50-38(2)3/h10-12,20-33,38-41,44,47-48,55-56H,9,13-19,34-37H2,1-8H3/q+3/p+1. The van der Waals surface area contributed by atoms with Crippen LogP contribution in [0.2, 0.25) is 0 Å². The van der Waals surface area contributed by atoms with Gasteiger partial charge >= 0.3 is 0 Å². The van der Waals surface area contributed by atoms with E-state index in [4.69, 9.17) is 0 Å². The van der Waals surface area contributed by atoms with Gasteiger partial charge < -0.3 is 15.5 Å². The predicted octanol–water partition coefficient (Wildman–Crippen LogP) is 7.44. The van der Waals surface area contributed by atoms with Gasteiger partial charge in [-0.15, -0.1) is 0 Å². The van der Waals surface area contributed by atoms with Gasteiger partial charge in [-0.2, -0.15) is 9.13 Å². The number of carbonyl (C=O) groups excluding carboxylic acids is 1. The van der Waals surface area contributed by atoms with Gasteiger partial charge in [0.1, 0.15) is 25.9 Å². The second kappa shape index (κ2) is 22.8. The van der Waals surface area contributed by atoms with Gasteiger partial charge in [0, 0.05) is 48.4 Å². The Morgan fingerprint density at radius 3 is 1.65 bits per heavy atom. The summed E-state index contributed by atoms with van der Waals surface area (Å²) in [4.78, 5) is 12.4. The van der Waals surface area contributed by atoms with Gasteiger partial charge in [0.05, 0.1) is 7.05 Å². The van der Waals surface area contributed by atoms with Crippen molar-refractivity contribution in [1.29, 1.82) is 0 Å².